The number of benzene rings is 3. The fraction of sp³-hybridized carbons (Fsp3) is 0.174. The van der Waals surface area contributed by atoms with Crippen LogP contribution in [0.15, 0.2) is 77.8 Å². The molecule has 1 N–H and O–H groups in total. The van der Waals surface area contributed by atoms with E-state index < -0.39 is 17.4 Å². The third-order valence-corrected chi connectivity index (χ3v) is 5.00. The van der Waals surface area contributed by atoms with Crippen molar-refractivity contribution in [1.29, 1.82) is 0 Å². The van der Waals surface area contributed by atoms with Crippen LogP contribution in [-0.4, -0.2) is 12.4 Å². The number of halogens is 3. The summed E-state index contributed by atoms with van der Waals surface area (Å²) in [5.74, 6) is -0.255. The summed E-state index contributed by atoms with van der Waals surface area (Å²) in [5, 5.41) is 3.27. The minimum Gasteiger partial charge on any atom is -0.486 e. The van der Waals surface area contributed by atoms with Crippen molar-refractivity contribution in [3.8, 4) is 5.75 Å². The van der Waals surface area contributed by atoms with Gasteiger partial charge in [0.05, 0.1) is 6.04 Å². The highest BCUT2D eigenvalue weighted by Crippen LogP contribution is 2.42. The van der Waals surface area contributed by atoms with E-state index in [0.29, 0.717) is 22.7 Å². The normalized spacial score (nSPS) is 20.8. The summed E-state index contributed by atoms with van der Waals surface area (Å²) in [4.78, 5) is 4.75. The first kappa shape index (κ1) is 19.1. The second-order valence-corrected chi connectivity index (χ2v) is 7.09. The molecule has 0 fully saturated rings. The highest BCUT2D eigenvalue weighted by Gasteiger charge is 2.42. The largest absolute Gasteiger partial charge is 0.486 e. The highest BCUT2D eigenvalue weighted by atomic mass is 19.1. The van der Waals surface area contributed by atoms with Crippen molar-refractivity contribution in [1.82, 2.24) is 5.32 Å². The van der Waals surface area contributed by atoms with Gasteiger partial charge in [0.15, 0.2) is 0 Å². The molecular weight excluding hydrogens is 377 g/mol. The van der Waals surface area contributed by atoms with Crippen molar-refractivity contribution in [2.24, 2.45) is 4.99 Å². The quantitative estimate of drug-likeness (QED) is 0.648. The van der Waals surface area contributed by atoms with Gasteiger partial charge in [-0.3, -0.25) is 4.99 Å². The van der Waals surface area contributed by atoms with E-state index in [1.54, 1.807) is 36.4 Å². The van der Waals surface area contributed by atoms with E-state index in [-0.39, 0.29) is 18.2 Å². The molecule has 6 heteroatoms. The topological polar surface area (TPSA) is 33.6 Å². The van der Waals surface area contributed by atoms with Crippen LogP contribution in [0.2, 0.25) is 0 Å². The van der Waals surface area contributed by atoms with Crippen LogP contribution < -0.4 is 10.1 Å². The van der Waals surface area contributed by atoms with Gasteiger partial charge in [0.1, 0.15) is 41.2 Å². The first-order valence-corrected chi connectivity index (χ1v) is 9.19. The number of nitrogens with one attached hydrogen (secondary N) is 1. The van der Waals surface area contributed by atoms with E-state index in [1.165, 1.54) is 36.4 Å². The van der Waals surface area contributed by atoms with Gasteiger partial charge in [-0.15, -0.1) is 0 Å². The molecule has 29 heavy (non-hydrogen) atoms. The van der Waals surface area contributed by atoms with E-state index in [0.717, 1.165) is 0 Å². The lowest BCUT2D eigenvalue weighted by Crippen LogP contribution is -2.34. The van der Waals surface area contributed by atoms with Crippen molar-refractivity contribution in [3.63, 3.8) is 0 Å². The molecule has 0 aromatic heterocycles. The van der Waals surface area contributed by atoms with Crippen LogP contribution in [-0.2, 0) is 5.54 Å². The Kier molecular flexibility index (Phi) is 5.01. The van der Waals surface area contributed by atoms with Crippen molar-refractivity contribution >= 4 is 5.84 Å². The Hall–Kier alpha value is -3.28. The molecule has 0 aliphatic carbocycles. The maximum absolute atomic E-state index is 13.9. The number of amidine groups is 1. The van der Waals surface area contributed by atoms with Crippen LogP contribution in [0.25, 0.3) is 0 Å². The summed E-state index contributed by atoms with van der Waals surface area (Å²) < 4.78 is 46.8. The molecule has 0 saturated carbocycles. The number of aliphatic imine (C=N–C) groups is 1. The third-order valence-electron chi connectivity index (χ3n) is 5.00. The summed E-state index contributed by atoms with van der Waals surface area (Å²) >= 11 is 0. The van der Waals surface area contributed by atoms with Crippen LogP contribution in [0.1, 0.15) is 24.1 Å². The molecular formula is C23H19F3N2O. The van der Waals surface area contributed by atoms with Gasteiger partial charge in [0.25, 0.3) is 0 Å². The smallest absolute Gasteiger partial charge is 0.145 e. The van der Waals surface area contributed by atoms with Gasteiger partial charge >= 0.3 is 0 Å². The van der Waals surface area contributed by atoms with Crippen molar-refractivity contribution in [2.75, 3.05) is 6.61 Å². The third kappa shape index (κ3) is 3.97. The molecule has 0 radical (unpaired) electrons. The average Bonchev–Trinajstić information content (AvgIpc) is 3.04. The van der Waals surface area contributed by atoms with Crippen molar-refractivity contribution in [2.45, 2.75) is 18.5 Å². The van der Waals surface area contributed by atoms with E-state index in [4.69, 9.17) is 9.73 Å². The Morgan fingerprint density at radius 1 is 0.897 bits per heavy atom. The fourth-order valence-corrected chi connectivity index (χ4v) is 3.60. The molecule has 3 aromatic rings. The molecule has 0 spiro atoms. The maximum atomic E-state index is 13.9. The molecule has 3 nitrogen and oxygen atoms in total. The zero-order valence-corrected chi connectivity index (χ0v) is 15.7. The summed E-state index contributed by atoms with van der Waals surface area (Å²) in [6.45, 7) is 1.93. The monoisotopic (exact) mass is 396 g/mol. The van der Waals surface area contributed by atoms with Crippen LogP contribution in [0.4, 0.5) is 13.2 Å². The predicted molar refractivity (Wildman–Crippen MR) is 105 cm³/mol. The molecule has 0 saturated heterocycles. The van der Waals surface area contributed by atoms with Gasteiger partial charge in [0.2, 0.25) is 0 Å². The average molecular weight is 396 g/mol. The summed E-state index contributed by atoms with van der Waals surface area (Å²) in [6.07, 6.45) is 0. The molecule has 1 heterocycles. The molecule has 4 rings (SSSR count). The highest BCUT2D eigenvalue weighted by molar-refractivity contribution is 5.87. The van der Waals surface area contributed by atoms with Gasteiger partial charge in [-0.1, -0.05) is 30.3 Å². The number of ether oxygens (including phenoxy) is 1. The maximum Gasteiger partial charge on any atom is 0.145 e. The van der Waals surface area contributed by atoms with E-state index >= 15 is 0 Å². The Balaban J connectivity index is 1.67. The van der Waals surface area contributed by atoms with Gasteiger partial charge in [0, 0.05) is 6.07 Å². The Morgan fingerprint density at radius 2 is 1.55 bits per heavy atom. The Morgan fingerprint density at radius 3 is 2.24 bits per heavy atom. The minimum absolute atomic E-state index is 0.0696. The van der Waals surface area contributed by atoms with Crippen LogP contribution in [0.5, 0.6) is 5.75 Å². The zero-order valence-electron chi connectivity index (χ0n) is 15.7. The molecule has 0 amide bonds. The minimum atomic E-state index is -0.878. The van der Waals surface area contributed by atoms with Crippen molar-refractivity contribution < 1.29 is 17.9 Å². The molecule has 0 unspecified atom stereocenters. The molecule has 1 aliphatic heterocycles. The second-order valence-electron chi connectivity index (χ2n) is 7.09. The molecule has 2 atom stereocenters. The second kappa shape index (κ2) is 7.62. The summed E-state index contributed by atoms with van der Waals surface area (Å²) in [5.41, 5.74) is 0.456. The Labute approximate surface area is 166 Å². The summed E-state index contributed by atoms with van der Waals surface area (Å²) in [6, 6.07) is 17.8. The number of rotatable bonds is 5. The van der Waals surface area contributed by atoms with Crippen molar-refractivity contribution in [3.05, 3.63) is 101 Å². The first-order valence-electron chi connectivity index (χ1n) is 9.19. The van der Waals surface area contributed by atoms with Gasteiger partial charge < -0.3 is 10.1 Å². The standard InChI is InChI=1S/C23H19F3N2O/c1-23(16-6-3-8-18(25)12-16)22(15-5-2-7-17(24)11-15)27-21(28-23)14-29-20-10-4-9-19(26)13-20/h2-13,22H,14H2,1H3,(H,27,28)/t22-,23+/m1/s1. The van der Waals surface area contributed by atoms with Crippen LogP contribution >= 0.6 is 0 Å². The number of hydrogen-bond donors (Lipinski definition) is 1. The number of nitrogens with zero attached hydrogens (tertiary/aromatic N) is 1. The molecule has 1 aliphatic rings. The lowest BCUT2D eigenvalue weighted by molar-refractivity contribution is 0.369. The van der Waals surface area contributed by atoms with E-state index in [1.807, 2.05) is 6.92 Å². The lowest BCUT2D eigenvalue weighted by atomic mass is 9.82. The molecule has 0 bridgehead atoms. The fourth-order valence-electron chi connectivity index (χ4n) is 3.60. The SMILES string of the molecule is C[C@@]1(c2cccc(F)c2)N=C(COc2cccc(F)c2)N[C@@H]1c1cccc(F)c1. The van der Waals surface area contributed by atoms with Gasteiger partial charge in [-0.25, -0.2) is 13.2 Å². The van der Waals surface area contributed by atoms with E-state index in [2.05, 4.69) is 5.32 Å². The summed E-state index contributed by atoms with van der Waals surface area (Å²) in [7, 11) is 0. The predicted octanol–water partition coefficient (Wildman–Crippen LogP) is 5.14. The molecule has 148 valence electrons. The van der Waals surface area contributed by atoms with E-state index in [9.17, 15) is 13.2 Å². The number of hydrogen-bond acceptors (Lipinski definition) is 3. The lowest BCUT2D eigenvalue weighted by Gasteiger charge is -2.30. The zero-order chi connectivity index (χ0) is 20.4. The first-order chi connectivity index (χ1) is 13.9. The van der Waals surface area contributed by atoms with Gasteiger partial charge in [-0.2, -0.15) is 0 Å². The molecule has 3 aromatic carbocycles. The van der Waals surface area contributed by atoms with Crippen LogP contribution in [0.3, 0.4) is 0 Å². The Bertz CT molecular complexity index is 1070. The van der Waals surface area contributed by atoms with Crippen LogP contribution in [0, 0.1) is 17.5 Å². The van der Waals surface area contributed by atoms with Gasteiger partial charge in [-0.05, 0) is 54.4 Å².